The highest BCUT2D eigenvalue weighted by molar-refractivity contribution is 6.04. The second kappa shape index (κ2) is 8.22. The highest BCUT2D eigenvalue weighted by Crippen LogP contribution is 2.24. The first-order chi connectivity index (χ1) is 13.0. The number of nitrogens with one attached hydrogen (secondary N) is 1. The number of benzene rings is 2. The van der Waals surface area contributed by atoms with Gasteiger partial charge in [-0.2, -0.15) is 0 Å². The van der Waals surface area contributed by atoms with Gasteiger partial charge in [-0.25, -0.2) is 4.79 Å². The molecule has 2 aromatic carbocycles. The highest BCUT2D eigenvalue weighted by Gasteiger charge is 2.23. The van der Waals surface area contributed by atoms with Crippen molar-refractivity contribution in [2.45, 2.75) is 12.5 Å². The van der Waals surface area contributed by atoms with E-state index in [0.717, 1.165) is 25.2 Å². The van der Waals surface area contributed by atoms with Crippen molar-refractivity contribution in [2.75, 3.05) is 44.5 Å². The summed E-state index contributed by atoms with van der Waals surface area (Å²) < 4.78 is 4.66. The van der Waals surface area contributed by atoms with Crippen LogP contribution in [0.15, 0.2) is 48.5 Å². The average Bonchev–Trinajstić information content (AvgIpc) is 3.18. The molecule has 1 N–H and O–H groups in total. The fourth-order valence-electron chi connectivity index (χ4n) is 3.23. The molecule has 142 valence electrons. The van der Waals surface area contributed by atoms with Crippen molar-refractivity contribution >= 4 is 23.3 Å². The van der Waals surface area contributed by atoms with Gasteiger partial charge in [-0.1, -0.05) is 0 Å². The molecule has 0 radical (unpaired) electrons. The van der Waals surface area contributed by atoms with E-state index in [4.69, 9.17) is 0 Å². The minimum atomic E-state index is -0.420. The van der Waals surface area contributed by atoms with Gasteiger partial charge in [0.2, 0.25) is 0 Å². The molecule has 1 unspecified atom stereocenters. The molecule has 1 atom stereocenters. The number of likely N-dealkylation sites (N-methyl/N-ethyl adjacent to an activating group) is 1. The smallest absolute Gasteiger partial charge is 0.337 e. The summed E-state index contributed by atoms with van der Waals surface area (Å²) in [6, 6.07) is 14.9. The summed E-state index contributed by atoms with van der Waals surface area (Å²) in [6.07, 6.45) is 1.16. The quantitative estimate of drug-likeness (QED) is 0.824. The molecule has 1 fully saturated rings. The number of carbonyl (C=O) groups is 2. The van der Waals surface area contributed by atoms with E-state index < -0.39 is 5.97 Å². The van der Waals surface area contributed by atoms with Crippen LogP contribution in [0, 0.1) is 0 Å². The zero-order valence-corrected chi connectivity index (χ0v) is 15.9. The molecule has 1 aliphatic heterocycles. The van der Waals surface area contributed by atoms with Crippen LogP contribution in [0.25, 0.3) is 0 Å². The lowest BCUT2D eigenvalue weighted by Gasteiger charge is -2.22. The van der Waals surface area contributed by atoms with E-state index in [1.807, 2.05) is 24.3 Å². The second-order valence-electron chi connectivity index (χ2n) is 6.92. The molecule has 1 aliphatic rings. The number of hydrogen-bond donors (Lipinski definition) is 1. The minimum Gasteiger partial charge on any atom is -0.465 e. The summed E-state index contributed by atoms with van der Waals surface area (Å²) in [5, 5.41) is 2.88. The van der Waals surface area contributed by atoms with E-state index in [-0.39, 0.29) is 5.91 Å². The Kier molecular flexibility index (Phi) is 5.76. The molecule has 6 heteroatoms. The van der Waals surface area contributed by atoms with E-state index in [1.165, 1.54) is 12.8 Å². The van der Waals surface area contributed by atoms with Gasteiger partial charge in [0.25, 0.3) is 5.91 Å². The topological polar surface area (TPSA) is 61.9 Å². The van der Waals surface area contributed by atoms with Crippen molar-refractivity contribution < 1.29 is 14.3 Å². The second-order valence-corrected chi connectivity index (χ2v) is 6.92. The number of ether oxygens (including phenoxy) is 1. The maximum Gasteiger partial charge on any atom is 0.337 e. The Morgan fingerprint density at radius 1 is 1.04 bits per heavy atom. The van der Waals surface area contributed by atoms with Gasteiger partial charge in [-0.05, 0) is 69.0 Å². The number of methoxy groups -OCH3 is 1. The third kappa shape index (κ3) is 4.46. The van der Waals surface area contributed by atoms with Gasteiger partial charge >= 0.3 is 5.97 Å². The molecular weight excluding hydrogens is 342 g/mol. The zero-order chi connectivity index (χ0) is 19.4. The predicted octanol–water partition coefficient (Wildman–Crippen LogP) is 2.87. The monoisotopic (exact) mass is 367 g/mol. The van der Waals surface area contributed by atoms with Crippen molar-refractivity contribution in [3.8, 4) is 0 Å². The Labute approximate surface area is 159 Å². The molecule has 0 bridgehead atoms. The third-order valence-corrected chi connectivity index (χ3v) is 4.95. The van der Waals surface area contributed by atoms with Crippen LogP contribution in [0.4, 0.5) is 11.4 Å². The third-order valence-electron chi connectivity index (χ3n) is 4.95. The van der Waals surface area contributed by atoms with Gasteiger partial charge in [0.1, 0.15) is 0 Å². The van der Waals surface area contributed by atoms with Crippen molar-refractivity contribution in [3.63, 3.8) is 0 Å². The largest absolute Gasteiger partial charge is 0.465 e. The molecule has 0 aliphatic carbocycles. The van der Waals surface area contributed by atoms with Crippen LogP contribution in [-0.2, 0) is 4.74 Å². The number of rotatable bonds is 5. The maximum absolute atomic E-state index is 12.4. The molecule has 0 aromatic heterocycles. The standard InChI is InChI=1S/C21H25N3O3/c1-23(2)19-12-13-24(14-19)18-10-8-17(9-11-18)22-20(25)15-4-6-16(7-5-15)21(26)27-3/h4-11,19H,12-14H2,1-3H3,(H,22,25). The van der Waals surface area contributed by atoms with Crippen molar-refractivity contribution in [1.82, 2.24) is 4.90 Å². The highest BCUT2D eigenvalue weighted by atomic mass is 16.5. The number of amides is 1. The van der Waals surface area contributed by atoms with E-state index in [2.05, 4.69) is 33.9 Å². The van der Waals surface area contributed by atoms with Gasteiger partial charge in [0.05, 0.1) is 12.7 Å². The van der Waals surface area contributed by atoms with Crippen LogP contribution < -0.4 is 10.2 Å². The maximum atomic E-state index is 12.4. The number of nitrogens with zero attached hydrogens (tertiary/aromatic N) is 2. The van der Waals surface area contributed by atoms with Gasteiger partial charge in [-0.15, -0.1) is 0 Å². The Balaban J connectivity index is 1.61. The molecule has 1 saturated heterocycles. The molecule has 3 rings (SSSR count). The van der Waals surface area contributed by atoms with E-state index in [9.17, 15) is 9.59 Å². The van der Waals surface area contributed by atoms with Gasteiger partial charge in [-0.3, -0.25) is 4.79 Å². The number of anilines is 2. The average molecular weight is 367 g/mol. The number of esters is 1. The summed E-state index contributed by atoms with van der Waals surface area (Å²) in [5.74, 6) is -0.635. The first-order valence-corrected chi connectivity index (χ1v) is 8.99. The SMILES string of the molecule is COC(=O)c1ccc(C(=O)Nc2ccc(N3CCC(N(C)C)C3)cc2)cc1. The van der Waals surface area contributed by atoms with Crippen LogP contribution in [0.2, 0.25) is 0 Å². The van der Waals surface area contributed by atoms with Gasteiger partial charge in [0, 0.05) is 36.1 Å². The summed E-state index contributed by atoms with van der Waals surface area (Å²) in [6.45, 7) is 2.06. The van der Waals surface area contributed by atoms with Crippen molar-refractivity contribution in [3.05, 3.63) is 59.7 Å². The van der Waals surface area contributed by atoms with E-state index in [0.29, 0.717) is 17.2 Å². The zero-order valence-electron chi connectivity index (χ0n) is 15.9. The molecule has 1 amide bonds. The van der Waals surface area contributed by atoms with E-state index in [1.54, 1.807) is 24.3 Å². The fourth-order valence-corrected chi connectivity index (χ4v) is 3.23. The predicted molar refractivity (Wildman–Crippen MR) is 106 cm³/mol. The Bertz CT molecular complexity index is 800. The lowest BCUT2D eigenvalue weighted by atomic mass is 10.1. The fraction of sp³-hybridized carbons (Fsp3) is 0.333. The Hall–Kier alpha value is -2.86. The lowest BCUT2D eigenvalue weighted by Crippen LogP contribution is -2.31. The van der Waals surface area contributed by atoms with Crippen LogP contribution in [0.1, 0.15) is 27.1 Å². The first-order valence-electron chi connectivity index (χ1n) is 8.99. The first kappa shape index (κ1) is 18.9. The molecule has 1 heterocycles. The summed E-state index contributed by atoms with van der Waals surface area (Å²) in [7, 11) is 5.56. The summed E-state index contributed by atoms with van der Waals surface area (Å²) in [4.78, 5) is 28.5. The van der Waals surface area contributed by atoms with Crippen LogP contribution in [0.3, 0.4) is 0 Å². The molecule has 0 spiro atoms. The normalized spacial score (nSPS) is 16.4. The van der Waals surface area contributed by atoms with Gasteiger partial charge in [0.15, 0.2) is 0 Å². The number of carbonyl (C=O) groups excluding carboxylic acids is 2. The summed E-state index contributed by atoms with van der Waals surface area (Å²) >= 11 is 0. The molecule has 0 saturated carbocycles. The minimum absolute atomic E-state index is 0.215. The van der Waals surface area contributed by atoms with Crippen LogP contribution in [-0.4, -0.2) is 57.1 Å². The number of hydrogen-bond acceptors (Lipinski definition) is 5. The Morgan fingerprint density at radius 2 is 1.67 bits per heavy atom. The Morgan fingerprint density at radius 3 is 2.22 bits per heavy atom. The molecule has 27 heavy (non-hydrogen) atoms. The van der Waals surface area contributed by atoms with Crippen LogP contribution in [0.5, 0.6) is 0 Å². The lowest BCUT2D eigenvalue weighted by molar-refractivity contribution is 0.0600. The van der Waals surface area contributed by atoms with Gasteiger partial charge < -0.3 is 19.9 Å². The molecular formula is C21H25N3O3. The molecule has 6 nitrogen and oxygen atoms in total. The van der Waals surface area contributed by atoms with Crippen LogP contribution >= 0.6 is 0 Å². The summed E-state index contributed by atoms with van der Waals surface area (Å²) in [5.41, 5.74) is 2.81. The van der Waals surface area contributed by atoms with Crippen molar-refractivity contribution in [1.29, 1.82) is 0 Å². The molecule has 2 aromatic rings. The van der Waals surface area contributed by atoms with Crippen molar-refractivity contribution in [2.24, 2.45) is 0 Å². The van der Waals surface area contributed by atoms with E-state index >= 15 is 0 Å².